The van der Waals surface area contributed by atoms with E-state index in [4.69, 9.17) is 25.9 Å². The first-order valence-electron chi connectivity index (χ1n) is 12.3. The van der Waals surface area contributed by atoms with E-state index < -0.39 is 5.97 Å². The van der Waals surface area contributed by atoms with Gasteiger partial charge in [-0.25, -0.2) is 4.79 Å². The molecule has 1 N–H and O–H groups in total. The lowest BCUT2D eigenvalue weighted by molar-refractivity contribution is -0.131. The Balaban J connectivity index is 1.38. The van der Waals surface area contributed by atoms with Crippen LogP contribution in [0.3, 0.4) is 0 Å². The number of nitrogens with zero attached hydrogens (tertiary/aromatic N) is 3. The fraction of sp³-hybridized carbons (Fsp3) is 0.207. The molecule has 1 amide bonds. The molecule has 0 atom stereocenters. The number of ether oxygens (including phenoxy) is 1. The van der Waals surface area contributed by atoms with Gasteiger partial charge in [-0.15, -0.1) is 0 Å². The van der Waals surface area contributed by atoms with Crippen LogP contribution in [0.5, 0.6) is 11.5 Å². The molecule has 0 bridgehead atoms. The summed E-state index contributed by atoms with van der Waals surface area (Å²) in [6.07, 6.45) is 7.81. The van der Waals surface area contributed by atoms with Crippen molar-refractivity contribution in [2.24, 2.45) is 0 Å². The predicted octanol–water partition coefficient (Wildman–Crippen LogP) is 6.31. The van der Waals surface area contributed by atoms with Gasteiger partial charge < -0.3 is 24.1 Å². The molecule has 2 aliphatic rings. The fourth-order valence-corrected chi connectivity index (χ4v) is 5.15. The van der Waals surface area contributed by atoms with Crippen LogP contribution in [-0.4, -0.2) is 41.1 Å². The zero-order valence-electron chi connectivity index (χ0n) is 20.6. The van der Waals surface area contributed by atoms with Crippen molar-refractivity contribution in [3.8, 4) is 11.5 Å². The second-order valence-corrected chi connectivity index (χ2v) is 9.76. The number of amides is 1. The third kappa shape index (κ3) is 4.26. The predicted molar refractivity (Wildman–Crippen MR) is 145 cm³/mol. The molecule has 1 aliphatic heterocycles. The first-order chi connectivity index (χ1) is 18.4. The molecule has 6 rings (SSSR count). The van der Waals surface area contributed by atoms with Crippen LogP contribution in [-0.2, 0) is 4.79 Å². The van der Waals surface area contributed by atoms with E-state index in [-0.39, 0.29) is 5.91 Å². The van der Waals surface area contributed by atoms with Crippen LogP contribution in [0.15, 0.2) is 65.4 Å². The number of aromatic nitrogens is 1. The molecule has 0 radical (unpaired) electrons. The number of carboxylic acids is 1. The number of benzene rings is 2. The summed E-state index contributed by atoms with van der Waals surface area (Å²) in [6.45, 7) is 3.11. The minimum absolute atomic E-state index is 0.215. The Hall–Kier alpha value is -4.30. The van der Waals surface area contributed by atoms with E-state index in [1.54, 1.807) is 36.2 Å². The van der Waals surface area contributed by atoms with E-state index in [1.165, 1.54) is 25.1 Å². The molecule has 0 spiro atoms. The Morgan fingerprint density at radius 2 is 1.92 bits per heavy atom. The SMILES string of the molecule is Cc1c(/C=C/C(=O)O)oc2ccc(Cl)c(Oc3ccncc3C(=O)N3CCN(C4CC4)c4ccccc43)c12. The van der Waals surface area contributed by atoms with Crippen LogP contribution in [0.2, 0.25) is 5.02 Å². The molecule has 38 heavy (non-hydrogen) atoms. The van der Waals surface area contributed by atoms with Gasteiger partial charge in [0.1, 0.15) is 22.7 Å². The minimum Gasteiger partial charge on any atom is -0.478 e. The maximum Gasteiger partial charge on any atom is 0.328 e. The van der Waals surface area contributed by atoms with Gasteiger partial charge in [-0.1, -0.05) is 23.7 Å². The van der Waals surface area contributed by atoms with E-state index in [1.807, 2.05) is 18.2 Å². The maximum absolute atomic E-state index is 13.9. The Kier molecular flexibility index (Phi) is 6.04. The van der Waals surface area contributed by atoms with E-state index >= 15 is 0 Å². The maximum atomic E-state index is 13.9. The van der Waals surface area contributed by atoms with Crippen molar-refractivity contribution < 1.29 is 23.8 Å². The number of aryl methyl sites for hydroxylation is 1. The number of hydrogen-bond acceptors (Lipinski definition) is 6. The Morgan fingerprint density at radius 1 is 1.13 bits per heavy atom. The van der Waals surface area contributed by atoms with Gasteiger partial charge in [0.2, 0.25) is 0 Å². The number of carbonyl (C=O) groups excluding carboxylic acids is 1. The molecule has 1 aliphatic carbocycles. The zero-order chi connectivity index (χ0) is 26.4. The highest BCUT2D eigenvalue weighted by Gasteiger charge is 2.36. The normalized spacial score (nSPS) is 15.2. The monoisotopic (exact) mass is 529 g/mol. The number of pyridine rings is 1. The summed E-state index contributed by atoms with van der Waals surface area (Å²) in [4.78, 5) is 33.3. The largest absolute Gasteiger partial charge is 0.478 e. The summed E-state index contributed by atoms with van der Waals surface area (Å²) in [5, 5.41) is 9.94. The number of furan rings is 1. The first-order valence-corrected chi connectivity index (χ1v) is 12.7. The molecule has 1 saturated carbocycles. The highest BCUT2D eigenvalue weighted by molar-refractivity contribution is 6.33. The summed E-state index contributed by atoms with van der Waals surface area (Å²) in [5.74, 6) is -0.290. The van der Waals surface area contributed by atoms with Gasteiger partial charge in [0.05, 0.1) is 21.8 Å². The number of hydrogen-bond donors (Lipinski definition) is 1. The van der Waals surface area contributed by atoms with E-state index in [0.717, 1.165) is 24.0 Å². The highest BCUT2D eigenvalue weighted by Crippen LogP contribution is 2.43. The van der Waals surface area contributed by atoms with Crippen molar-refractivity contribution in [2.75, 3.05) is 22.9 Å². The number of para-hydroxylation sites is 2. The third-order valence-corrected chi connectivity index (χ3v) is 7.21. The molecule has 0 saturated heterocycles. The molecule has 192 valence electrons. The molecule has 9 heteroatoms. The minimum atomic E-state index is -1.08. The fourth-order valence-electron chi connectivity index (χ4n) is 4.95. The number of halogens is 1. The Morgan fingerprint density at radius 3 is 2.68 bits per heavy atom. The number of fused-ring (bicyclic) bond motifs is 2. The van der Waals surface area contributed by atoms with Crippen LogP contribution in [0, 0.1) is 6.92 Å². The molecule has 4 aromatic rings. The second-order valence-electron chi connectivity index (χ2n) is 9.36. The quantitative estimate of drug-likeness (QED) is 0.292. The van der Waals surface area contributed by atoms with Gasteiger partial charge in [-0.2, -0.15) is 0 Å². The summed E-state index contributed by atoms with van der Waals surface area (Å²) < 4.78 is 12.2. The molecule has 0 unspecified atom stereocenters. The van der Waals surface area contributed by atoms with Gasteiger partial charge in [0.25, 0.3) is 5.91 Å². The molecule has 3 heterocycles. The number of carboxylic acid groups (broad SMARTS) is 1. The third-order valence-electron chi connectivity index (χ3n) is 6.92. The average Bonchev–Trinajstić information content (AvgIpc) is 3.72. The lowest BCUT2D eigenvalue weighted by Crippen LogP contribution is -2.45. The molecular formula is C29H24ClN3O5. The molecule has 2 aromatic carbocycles. The number of rotatable bonds is 6. The molecule has 1 fully saturated rings. The van der Waals surface area contributed by atoms with Crippen molar-refractivity contribution in [1.29, 1.82) is 0 Å². The standard InChI is InChI=1S/C29H24ClN3O5/c1-17-23(10-11-26(34)35)37-25-9-8-20(30)28(27(17)25)38-24-12-13-31-16-19(24)29(36)33-15-14-32(18-6-7-18)21-4-2-3-5-22(21)33/h2-5,8-13,16,18H,6-7,14-15H2,1H3,(H,34,35)/b11-10+. The van der Waals surface area contributed by atoms with Crippen LogP contribution in [0.25, 0.3) is 17.0 Å². The van der Waals surface area contributed by atoms with E-state index in [9.17, 15) is 9.59 Å². The van der Waals surface area contributed by atoms with Gasteiger partial charge >= 0.3 is 5.97 Å². The van der Waals surface area contributed by atoms with Crippen molar-refractivity contribution in [1.82, 2.24) is 4.98 Å². The van der Waals surface area contributed by atoms with Crippen molar-refractivity contribution in [3.63, 3.8) is 0 Å². The number of carbonyl (C=O) groups is 2. The highest BCUT2D eigenvalue weighted by atomic mass is 35.5. The van der Waals surface area contributed by atoms with E-state index in [2.05, 4.69) is 16.0 Å². The van der Waals surface area contributed by atoms with Gasteiger partial charge in [-0.3, -0.25) is 9.78 Å². The Bertz CT molecular complexity index is 1610. The number of anilines is 2. The smallest absolute Gasteiger partial charge is 0.328 e. The summed E-state index contributed by atoms with van der Waals surface area (Å²) in [6, 6.07) is 13.5. The van der Waals surface area contributed by atoms with Crippen LogP contribution >= 0.6 is 11.6 Å². The van der Waals surface area contributed by atoms with Gasteiger partial charge in [0, 0.05) is 43.2 Å². The average molecular weight is 530 g/mol. The van der Waals surface area contributed by atoms with Gasteiger partial charge in [0.15, 0.2) is 5.75 Å². The van der Waals surface area contributed by atoms with Crippen molar-refractivity contribution >= 4 is 51.9 Å². The summed E-state index contributed by atoms with van der Waals surface area (Å²) in [5.41, 5.74) is 3.39. The summed E-state index contributed by atoms with van der Waals surface area (Å²) in [7, 11) is 0. The van der Waals surface area contributed by atoms with Crippen LogP contribution in [0.1, 0.15) is 34.5 Å². The lowest BCUT2D eigenvalue weighted by atomic mass is 10.1. The van der Waals surface area contributed by atoms with E-state index in [0.29, 0.717) is 57.0 Å². The molecule has 2 aromatic heterocycles. The lowest BCUT2D eigenvalue weighted by Gasteiger charge is -2.38. The molecule has 8 nitrogen and oxygen atoms in total. The van der Waals surface area contributed by atoms with Crippen LogP contribution < -0.4 is 14.5 Å². The zero-order valence-corrected chi connectivity index (χ0v) is 21.3. The van der Waals surface area contributed by atoms with Crippen LogP contribution in [0.4, 0.5) is 11.4 Å². The van der Waals surface area contributed by atoms with Gasteiger partial charge in [-0.05, 0) is 56.2 Å². The van der Waals surface area contributed by atoms with Crippen molar-refractivity contribution in [2.45, 2.75) is 25.8 Å². The second kappa shape index (κ2) is 9.54. The first kappa shape index (κ1) is 24.1. The van der Waals surface area contributed by atoms with Crippen molar-refractivity contribution in [3.05, 3.63) is 82.8 Å². The Labute approximate surface area is 223 Å². The summed E-state index contributed by atoms with van der Waals surface area (Å²) >= 11 is 6.57. The molecular weight excluding hydrogens is 506 g/mol. The topological polar surface area (TPSA) is 96.1 Å². The number of aliphatic carboxylic acids is 1.